The molecule has 2 rings (SSSR count). The third kappa shape index (κ3) is 1.15. The van der Waals surface area contributed by atoms with Crippen LogP contribution in [0, 0.1) is 5.92 Å². The lowest BCUT2D eigenvalue weighted by molar-refractivity contribution is -0.127. The Kier molecular flexibility index (Phi) is 1.71. The summed E-state index contributed by atoms with van der Waals surface area (Å²) in [5.41, 5.74) is 5.53. The molecule has 12 heavy (non-hydrogen) atoms. The van der Waals surface area contributed by atoms with E-state index in [0.29, 0.717) is 0 Å². The molecule has 2 aliphatic rings. The normalized spacial score (nSPS) is 39.1. The number of rotatable bonds is 0. The van der Waals surface area contributed by atoms with Gasteiger partial charge in [-0.05, 0) is 0 Å². The first-order chi connectivity index (χ1) is 5.77. The van der Waals surface area contributed by atoms with Crippen molar-refractivity contribution in [3.05, 3.63) is 24.3 Å². The van der Waals surface area contributed by atoms with Gasteiger partial charge in [-0.15, -0.1) is 0 Å². The molecule has 4 heteroatoms. The number of fused-ring (bicyclic) bond motifs is 1. The number of amides is 1. The van der Waals surface area contributed by atoms with Crippen LogP contribution in [0.4, 0.5) is 0 Å². The topological polar surface area (TPSA) is 67.1 Å². The van der Waals surface area contributed by atoms with Gasteiger partial charge in [-0.2, -0.15) is 0 Å². The molecule has 1 aliphatic heterocycles. The monoisotopic (exact) mass is 165 g/mol. The van der Waals surface area contributed by atoms with Crippen molar-refractivity contribution >= 4 is 5.91 Å². The first-order valence-corrected chi connectivity index (χ1v) is 3.94. The largest absolute Gasteiger partial charge is 0.328 e. The quantitative estimate of drug-likeness (QED) is 0.434. The molecular formula is C8H11N3O. The number of carbonyl (C=O) groups excluding carboxylic acids is 1. The van der Waals surface area contributed by atoms with Crippen molar-refractivity contribution in [2.75, 3.05) is 0 Å². The van der Waals surface area contributed by atoms with Crippen LogP contribution in [0.2, 0.25) is 0 Å². The third-order valence-electron chi connectivity index (χ3n) is 2.11. The van der Waals surface area contributed by atoms with Gasteiger partial charge in [-0.3, -0.25) is 15.8 Å². The molecule has 1 heterocycles. The fourth-order valence-corrected chi connectivity index (χ4v) is 1.52. The fraction of sp³-hybridized carbons (Fsp3) is 0.375. The molecular weight excluding hydrogens is 154 g/mol. The molecule has 3 atom stereocenters. The summed E-state index contributed by atoms with van der Waals surface area (Å²) in [6.45, 7) is 0. The van der Waals surface area contributed by atoms with Crippen LogP contribution in [0.15, 0.2) is 24.3 Å². The van der Waals surface area contributed by atoms with E-state index in [-0.39, 0.29) is 17.9 Å². The summed E-state index contributed by atoms with van der Waals surface area (Å²) in [5.74, 6) is -0.110. The van der Waals surface area contributed by atoms with E-state index in [1.54, 1.807) is 0 Å². The smallest absolute Gasteiger partial charge is 0.231 e. The van der Waals surface area contributed by atoms with E-state index in [4.69, 9.17) is 5.73 Å². The molecule has 1 fully saturated rings. The van der Waals surface area contributed by atoms with E-state index in [1.807, 2.05) is 24.3 Å². The van der Waals surface area contributed by atoms with Gasteiger partial charge in [-0.1, -0.05) is 24.3 Å². The summed E-state index contributed by atoms with van der Waals surface area (Å²) in [6.07, 6.45) is 7.19. The summed E-state index contributed by atoms with van der Waals surface area (Å²) in [4.78, 5) is 11.3. The summed E-state index contributed by atoms with van der Waals surface area (Å²) < 4.78 is 0. The molecule has 0 aromatic carbocycles. The van der Waals surface area contributed by atoms with Crippen LogP contribution in [0.3, 0.4) is 0 Å². The second-order valence-corrected chi connectivity index (χ2v) is 2.97. The van der Waals surface area contributed by atoms with Crippen LogP contribution in [-0.2, 0) is 4.79 Å². The second kappa shape index (κ2) is 2.73. The molecule has 4 nitrogen and oxygen atoms in total. The molecule has 3 unspecified atom stereocenters. The summed E-state index contributed by atoms with van der Waals surface area (Å²) in [7, 11) is 0. The highest BCUT2D eigenvalue weighted by Gasteiger charge is 2.31. The van der Waals surface area contributed by atoms with Gasteiger partial charge >= 0.3 is 0 Å². The minimum absolute atomic E-state index is 0.00755. The van der Waals surface area contributed by atoms with Gasteiger partial charge in [0.15, 0.2) is 0 Å². The highest BCUT2D eigenvalue weighted by molar-refractivity contribution is 5.83. The van der Waals surface area contributed by atoms with E-state index in [2.05, 4.69) is 10.6 Å². The van der Waals surface area contributed by atoms with Crippen LogP contribution in [0.25, 0.3) is 0 Å². The molecule has 1 saturated heterocycles. The maximum atomic E-state index is 11.3. The van der Waals surface area contributed by atoms with Crippen molar-refractivity contribution < 1.29 is 4.79 Å². The van der Waals surface area contributed by atoms with E-state index < -0.39 is 6.29 Å². The van der Waals surface area contributed by atoms with E-state index in [9.17, 15) is 4.79 Å². The number of carbonyl (C=O) groups is 1. The van der Waals surface area contributed by atoms with Crippen molar-refractivity contribution in [3.8, 4) is 0 Å². The first-order valence-electron chi connectivity index (χ1n) is 3.94. The van der Waals surface area contributed by atoms with Crippen molar-refractivity contribution in [1.29, 1.82) is 0 Å². The number of hydrogen-bond acceptors (Lipinski definition) is 3. The Morgan fingerprint density at radius 1 is 1.33 bits per heavy atom. The molecule has 0 saturated carbocycles. The summed E-state index contributed by atoms with van der Waals surface area (Å²) >= 11 is 0. The Bertz CT molecular complexity index is 259. The van der Waals surface area contributed by atoms with Crippen LogP contribution < -0.4 is 16.4 Å². The van der Waals surface area contributed by atoms with Crippen molar-refractivity contribution in [2.24, 2.45) is 11.7 Å². The van der Waals surface area contributed by atoms with Crippen molar-refractivity contribution in [2.45, 2.75) is 12.3 Å². The standard InChI is InChI=1S/C8H11N3O/c9-8-10-6-4-2-1-3-5(6)7(12)11-8/h1-6,8,10H,9H2,(H,11,12). The Morgan fingerprint density at radius 2 is 2.08 bits per heavy atom. The van der Waals surface area contributed by atoms with Gasteiger partial charge in [0.25, 0.3) is 0 Å². The highest BCUT2D eigenvalue weighted by Crippen LogP contribution is 2.15. The lowest BCUT2D eigenvalue weighted by Crippen LogP contribution is -2.64. The van der Waals surface area contributed by atoms with Gasteiger partial charge in [0.05, 0.1) is 5.92 Å². The zero-order valence-electron chi connectivity index (χ0n) is 6.53. The SMILES string of the molecule is NC1NC(=O)C2C=CC=CC2N1. The van der Waals surface area contributed by atoms with Crippen LogP contribution >= 0.6 is 0 Å². The molecule has 64 valence electrons. The molecule has 1 aliphatic carbocycles. The Balaban J connectivity index is 2.19. The maximum absolute atomic E-state index is 11.3. The summed E-state index contributed by atoms with van der Waals surface area (Å²) in [6, 6.07) is 0.0544. The van der Waals surface area contributed by atoms with Crippen molar-refractivity contribution in [3.63, 3.8) is 0 Å². The minimum Gasteiger partial charge on any atom is -0.328 e. The lowest BCUT2D eigenvalue weighted by Gasteiger charge is -2.33. The van der Waals surface area contributed by atoms with Gasteiger partial charge in [0.1, 0.15) is 6.29 Å². The van der Waals surface area contributed by atoms with Crippen molar-refractivity contribution in [1.82, 2.24) is 10.6 Å². The van der Waals surface area contributed by atoms with E-state index >= 15 is 0 Å². The predicted octanol–water partition coefficient (Wildman–Crippen LogP) is -0.941. The Hall–Kier alpha value is -1.13. The van der Waals surface area contributed by atoms with Gasteiger partial charge < -0.3 is 5.32 Å². The highest BCUT2D eigenvalue weighted by atomic mass is 16.2. The zero-order valence-corrected chi connectivity index (χ0v) is 6.53. The van der Waals surface area contributed by atoms with E-state index in [0.717, 1.165) is 0 Å². The van der Waals surface area contributed by atoms with Crippen LogP contribution in [0.5, 0.6) is 0 Å². The van der Waals surface area contributed by atoms with Crippen LogP contribution in [0.1, 0.15) is 0 Å². The molecule has 1 amide bonds. The Labute approximate surface area is 70.5 Å². The average Bonchev–Trinajstić information content (AvgIpc) is 2.04. The second-order valence-electron chi connectivity index (χ2n) is 2.97. The minimum atomic E-state index is -0.421. The molecule has 0 spiro atoms. The number of hydrogen-bond donors (Lipinski definition) is 3. The molecule has 0 bridgehead atoms. The molecule has 0 aromatic rings. The maximum Gasteiger partial charge on any atom is 0.231 e. The fourth-order valence-electron chi connectivity index (χ4n) is 1.52. The van der Waals surface area contributed by atoms with E-state index in [1.165, 1.54) is 0 Å². The molecule has 0 aromatic heterocycles. The first kappa shape index (κ1) is 7.52. The average molecular weight is 165 g/mol. The third-order valence-corrected chi connectivity index (χ3v) is 2.11. The van der Waals surface area contributed by atoms with Crippen LogP contribution in [-0.4, -0.2) is 18.2 Å². The number of nitrogens with two attached hydrogens (primary N) is 1. The van der Waals surface area contributed by atoms with Gasteiger partial charge in [0, 0.05) is 6.04 Å². The van der Waals surface area contributed by atoms with Gasteiger partial charge in [0.2, 0.25) is 5.91 Å². The summed E-state index contributed by atoms with van der Waals surface area (Å²) in [5, 5.41) is 5.68. The molecule has 0 radical (unpaired) electrons. The molecule has 4 N–H and O–H groups in total. The predicted molar refractivity (Wildman–Crippen MR) is 44.8 cm³/mol. The number of nitrogens with one attached hydrogen (secondary N) is 2. The number of allylic oxidation sites excluding steroid dienone is 2. The Morgan fingerprint density at radius 3 is 2.92 bits per heavy atom. The lowest BCUT2D eigenvalue weighted by atomic mass is 9.93. The van der Waals surface area contributed by atoms with Gasteiger partial charge in [-0.25, -0.2) is 0 Å². The zero-order chi connectivity index (χ0) is 8.55.